The first kappa shape index (κ1) is 12.1. The lowest BCUT2D eigenvalue weighted by Crippen LogP contribution is -2.25. The summed E-state index contributed by atoms with van der Waals surface area (Å²) in [4.78, 5) is 28.7. The van der Waals surface area contributed by atoms with Crippen molar-refractivity contribution in [1.82, 2.24) is 9.88 Å². The molecule has 5 nitrogen and oxygen atoms in total. The number of aliphatic carboxylic acids is 1. The Labute approximate surface area is 111 Å². The molecule has 1 atom stereocenters. The molecule has 1 aliphatic heterocycles. The molecule has 0 saturated carbocycles. The van der Waals surface area contributed by atoms with E-state index in [0.29, 0.717) is 13.1 Å². The Morgan fingerprint density at radius 3 is 3.05 bits per heavy atom. The number of carbonyl (C=O) groups is 2. The predicted octanol–water partition coefficient (Wildman–Crippen LogP) is 1.00. The second-order valence-corrected chi connectivity index (χ2v) is 5.32. The largest absolute Gasteiger partial charge is 0.481 e. The predicted molar refractivity (Wildman–Crippen MR) is 67.4 cm³/mol. The molecule has 1 aromatic rings. The fraction of sp³-hybridized carbons (Fsp3) is 0.500. The van der Waals surface area contributed by atoms with Gasteiger partial charge >= 0.3 is 5.97 Å². The molecule has 2 heterocycles. The minimum atomic E-state index is -0.886. The molecule has 19 heavy (non-hydrogen) atoms. The Morgan fingerprint density at radius 1 is 1.47 bits per heavy atom. The van der Waals surface area contributed by atoms with Gasteiger partial charge < -0.3 is 10.0 Å². The Bertz CT molecular complexity index is 541. The molecule has 2 aliphatic rings. The summed E-state index contributed by atoms with van der Waals surface area (Å²) in [6.07, 6.45) is 5.18. The number of likely N-dealkylation sites (tertiary alicyclic amines) is 1. The number of amides is 1. The molecular weight excluding hydrogens is 244 g/mol. The molecule has 3 rings (SSSR count). The lowest BCUT2D eigenvalue weighted by Gasteiger charge is -2.16. The first-order valence-corrected chi connectivity index (χ1v) is 6.61. The molecule has 0 bridgehead atoms. The van der Waals surface area contributed by atoms with E-state index in [1.165, 1.54) is 11.3 Å². The summed E-state index contributed by atoms with van der Waals surface area (Å²) in [6.45, 7) is 0.786. The van der Waals surface area contributed by atoms with Crippen molar-refractivity contribution in [3.63, 3.8) is 0 Å². The second kappa shape index (κ2) is 4.64. The minimum Gasteiger partial charge on any atom is -0.481 e. The first-order chi connectivity index (χ1) is 9.13. The van der Waals surface area contributed by atoms with E-state index in [4.69, 9.17) is 5.11 Å². The number of rotatable bonds is 3. The molecule has 1 saturated heterocycles. The molecule has 5 heteroatoms. The lowest BCUT2D eigenvalue weighted by atomic mass is 10.1. The van der Waals surface area contributed by atoms with Gasteiger partial charge in [0.05, 0.1) is 5.92 Å². The number of aromatic nitrogens is 1. The van der Waals surface area contributed by atoms with Crippen molar-refractivity contribution >= 4 is 11.9 Å². The van der Waals surface area contributed by atoms with Gasteiger partial charge in [-0.3, -0.25) is 14.6 Å². The number of aryl methyl sites for hydroxylation is 2. The van der Waals surface area contributed by atoms with E-state index < -0.39 is 11.9 Å². The van der Waals surface area contributed by atoms with Gasteiger partial charge in [0.25, 0.3) is 0 Å². The zero-order valence-corrected chi connectivity index (χ0v) is 10.6. The third kappa shape index (κ3) is 2.32. The van der Waals surface area contributed by atoms with Crippen molar-refractivity contribution in [1.29, 1.82) is 0 Å². The van der Waals surface area contributed by atoms with Crippen molar-refractivity contribution in [2.45, 2.75) is 32.2 Å². The van der Waals surface area contributed by atoms with E-state index in [2.05, 4.69) is 11.1 Å². The summed E-state index contributed by atoms with van der Waals surface area (Å²) in [5, 5.41) is 8.95. The van der Waals surface area contributed by atoms with Crippen molar-refractivity contribution in [2.24, 2.45) is 5.92 Å². The van der Waals surface area contributed by atoms with Crippen molar-refractivity contribution in [3.05, 3.63) is 29.1 Å². The van der Waals surface area contributed by atoms with Crippen LogP contribution in [0.15, 0.2) is 12.3 Å². The molecule has 0 aromatic carbocycles. The van der Waals surface area contributed by atoms with Crippen LogP contribution in [0.25, 0.3) is 0 Å². The summed E-state index contributed by atoms with van der Waals surface area (Å²) in [5.41, 5.74) is 3.44. The van der Waals surface area contributed by atoms with Gasteiger partial charge in [0.15, 0.2) is 0 Å². The third-order valence-electron chi connectivity index (χ3n) is 3.91. The van der Waals surface area contributed by atoms with Gasteiger partial charge in [-0.2, -0.15) is 0 Å². The molecule has 1 N–H and O–H groups in total. The highest BCUT2D eigenvalue weighted by molar-refractivity contribution is 5.86. The number of nitrogens with zero attached hydrogens (tertiary/aromatic N) is 2. The number of carboxylic acids is 1. The maximum atomic E-state index is 11.8. The highest BCUT2D eigenvalue weighted by atomic mass is 16.4. The van der Waals surface area contributed by atoms with Crippen LogP contribution in [0.1, 0.15) is 29.7 Å². The Hall–Kier alpha value is -1.91. The fourth-order valence-electron chi connectivity index (χ4n) is 2.87. The van der Waals surface area contributed by atoms with E-state index in [0.717, 1.165) is 24.8 Å². The minimum absolute atomic E-state index is 0.0760. The van der Waals surface area contributed by atoms with Gasteiger partial charge in [0, 0.05) is 31.4 Å². The Balaban J connectivity index is 1.72. The number of pyridine rings is 1. The number of hydrogen-bond acceptors (Lipinski definition) is 3. The summed E-state index contributed by atoms with van der Waals surface area (Å²) >= 11 is 0. The zero-order chi connectivity index (χ0) is 13.4. The van der Waals surface area contributed by atoms with Crippen LogP contribution in [0.5, 0.6) is 0 Å². The zero-order valence-electron chi connectivity index (χ0n) is 10.6. The van der Waals surface area contributed by atoms with Gasteiger partial charge in [0.1, 0.15) is 0 Å². The molecule has 1 unspecified atom stereocenters. The van der Waals surface area contributed by atoms with Crippen LogP contribution < -0.4 is 0 Å². The maximum Gasteiger partial charge on any atom is 0.308 e. The quantitative estimate of drug-likeness (QED) is 0.880. The normalized spacial score (nSPS) is 21.8. The van der Waals surface area contributed by atoms with Crippen LogP contribution in [-0.4, -0.2) is 33.4 Å². The summed E-state index contributed by atoms with van der Waals surface area (Å²) in [6, 6.07) is 2.11. The molecule has 100 valence electrons. The molecular formula is C14H16N2O3. The number of carboxylic acid groups (broad SMARTS) is 1. The summed E-state index contributed by atoms with van der Waals surface area (Å²) in [7, 11) is 0. The molecule has 1 aromatic heterocycles. The van der Waals surface area contributed by atoms with Crippen molar-refractivity contribution < 1.29 is 14.7 Å². The second-order valence-electron chi connectivity index (χ2n) is 5.32. The van der Waals surface area contributed by atoms with Crippen LogP contribution in [0, 0.1) is 5.92 Å². The average Bonchev–Trinajstić information content (AvgIpc) is 2.96. The van der Waals surface area contributed by atoms with E-state index in [1.54, 1.807) is 4.90 Å². The Morgan fingerprint density at radius 2 is 2.32 bits per heavy atom. The van der Waals surface area contributed by atoms with Crippen molar-refractivity contribution in [3.8, 4) is 0 Å². The van der Waals surface area contributed by atoms with E-state index in [-0.39, 0.29) is 12.3 Å². The van der Waals surface area contributed by atoms with Gasteiger partial charge in [-0.15, -0.1) is 0 Å². The van der Waals surface area contributed by atoms with E-state index in [1.807, 2.05) is 6.20 Å². The average molecular weight is 260 g/mol. The van der Waals surface area contributed by atoms with Gasteiger partial charge in [-0.05, 0) is 30.4 Å². The van der Waals surface area contributed by atoms with E-state index in [9.17, 15) is 9.59 Å². The van der Waals surface area contributed by atoms with Crippen LogP contribution in [0.3, 0.4) is 0 Å². The monoisotopic (exact) mass is 260 g/mol. The number of carbonyl (C=O) groups excluding carboxylic acids is 1. The molecule has 1 fully saturated rings. The van der Waals surface area contributed by atoms with Crippen LogP contribution in [-0.2, 0) is 29.0 Å². The standard InChI is InChI=1S/C14H16N2O3/c17-13-5-11(14(18)19)8-16(13)7-9-4-10-2-1-3-12(10)15-6-9/h4,6,11H,1-3,5,7-8H2,(H,18,19). The van der Waals surface area contributed by atoms with Gasteiger partial charge in [-0.1, -0.05) is 6.07 Å². The first-order valence-electron chi connectivity index (χ1n) is 6.61. The molecule has 1 aliphatic carbocycles. The fourth-order valence-corrected chi connectivity index (χ4v) is 2.87. The number of fused-ring (bicyclic) bond motifs is 1. The highest BCUT2D eigenvalue weighted by Gasteiger charge is 2.34. The number of hydrogen-bond donors (Lipinski definition) is 1. The Kier molecular flexibility index (Phi) is 2.97. The molecule has 1 amide bonds. The summed E-state index contributed by atoms with van der Waals surface area (Å²) in [5.74, 6) is -1.52. The van der Waals surface area contributed by atoms with Gasteiger partial charge in [-0.25, -0.2) is 0 Å². The topological polar surface area (TPSA) is 70.5 Å². The smallest absolute Gasteiger partial charge is 0.308 e. The van der Waals surface area contributed by atoms with E-state index >= 15 is 0 Å². The maximum absolute atomic E-state index is 11.8. The van der Waals surface area contributed by atoms with Crippen LogP contribution in [0.2, 0.25) is 0 Å². The third-order valence-corrected chi connectivity index (χ3v) is 3.91. The highest BCUT2D eigenvalue weighted by Crippen LogP contribution is 2.23. The van der Waals surface area contributed by atoms with Gasteiger partial charge in [0.2, 0.25) is 5.91 Å². The van der Waals surface area contributed by atoms with Crippen LogP contribution in [0.4, 0.5) is 0 Å². The SMILES string of the molecule is O=C(O)C1CC(=O)N(Cc2cnc3c(c2)CCC3)C1. The summed E-state index contributed by atoms with van der Waals surface area (Å²) < 4.78 is 0. The van der Waals surface area contributed by atoms with Crippen molar-refractivity contribution in [2.75, 3.05) is 6.54 Å². The lowest BCUT2D eigenvalue weighted by molar-refractivity contribution is -0.141. The molecule has 0 radical (unpaired) electrons. The van der Waals surface area contributed by atoms with Crippen LogP contribution >= 0.6 is 0 Å². The molecule has 0 spiro atoms.